The fourth-order valence-electron chi connectivity index (χ4n) is 1.30. The van der Waals surface area contributed by atoms with Gasteiger partial charge in [-0.25, -0.2) is 0 Å². The van der Waals surface area contributed by atoms with Crippen molar-refractivity contribution in [1.29, 1.82) is 0 Å². The molecule has 0 bridgehead atoms. The number of nitrogens with zero attached hydrogens (tertiary/aromatic N) is 1. The molecule has 0 saturated carbocycles. The van der Waals surface area contributed by atoms with Gasteiger partial charge in [0.15, 0.2) is 0 Å². The fourth-order valence-corrected chi connectivity index (χ4v) is 1.30. The van der Waals surface area contributed by atoms with E-state index in [9.17, 15) is 0 Å². The summed E-state index contributed by atoms with van der Waals surface area (Å²) in [5.41, 5.74) is 4.06. The van der Waals surface area contributed by atoms with Crippen LogP contribution in [0, 0.1) is 6.92 Å². The topological polar surface area (TPSA) is 3.24 Å². The maximum absolute atomic E-state index is 2.24. The number of hydrogen-bond acceptors (Lipinski definition) is 1. The number of benzene rings is 1. The van der Waals surface area contributed by atoms with E-state index in [0.717, 1.165) is 6.42 Å². The van der Waals surface area contributed by atoms with E-state index in [4.69, 9.17) is 0 Å². The van der Waals surface area contributed by atoms with Crippen LogP contribution in [0.2, 0.25) is 0 Å². The van der Waals surface area contributed by atoms with Crippen molar-refractivity contribution in [3.8, 4) is 0 Å². The molecule has 0 aliphatic rings. The van der Waals surface area contributed by atoms with E-state index >= 15 is 0 Å². The first-order valence-corrected chi connectivity index (χ1v) is 5.41. The van der Waals surface area contributed by atoms with Crippen LogP contribution in [0.4, 0.5) is 5.69 Å². The lowest BCUT2D eigenvalue weighted by Crippen LogP contribution is -2.09. The molecule has 0 saturated heterocycles. The van der Waals surface area contributed by atoms with Crippen molar-refractivity contribution >= 4 is 5.69 Å². The molecule has 80 valence electrons. The standard InChI is InChI=1S/C11H17N.C2H6/c1-5-10-6-9(2)7-11(8-10)12(3)4;1-2/h6-8H,5H2,1-4H3;1-2H3. The van der Waals surface area contributed by atoms with Gasteiger partial charge >= 0.3 is 0 Å². The molecule has 0 aliphatic heterocycles. The van der Waals surface area contributed by atoms with Crippen LogP contribution in [-0.2, 0) is 6.42 Å². The summed E-state index contributed by atoms with van der Waals surface area (Å²) in [5.74, 6) is 0. The Morgan fingerprint density at radius 2 is 1.64 bits per heavy atom. The Bertz CT molecular complexity index is 264. The molecule has 0 spiro atoms. The van der Waals surface area contributed by atoms with Gasteiger partial charge in [0.1, 0.15) is 0 Å². The van der Waals surface area contributed by atoms with Crippen LogP contribution < -0.4 is 4.90 Å². The highest BCUT2D eigenvalue weighted by molar-refractivity contribution is 5.49. The normalized spacial score (nSPS) is 9.00. The minimum absolute atomic E-state index is 1.11. The van der Waals surface area contributed by atoms with E-state index < -0.39 is 0 Å². The second-order valence-corrected chi connectivity index (χ2v) is 3.42. The Balaban J connectivity index is 0.000000791. The molecule has 0 atom stereocenters. The zero-order chi connectivity index (χ0) is 11.1. The third-order valence-corrected chi connectivity index (χ3v) is 2.05. The van der Waals surface area contributed by atoms with Crippen LogP contribution in [0.5, 0.6) is 0 Å². The molecule has 1 rings (SSSR count). The molecule has 14 heavy (non-hydrogen) atoms. The molecule has 1 nitrogen and oxygen atoms in total. The Labute approximate surface area is 88.8 Å². The van der Waals surface area contributed by atoms with Gasteiger partial charge in [0.2, 0.25) is 0 Å². The molecule has 0 fully saturated rings. The first-order valence-electron chi connectivity index (χ1n) is 5.41. The maximum Gasteiger partial charge on any atom is 0.0366 e. The van der Waals surface area contributed by atoms with Crippen LogP contribution in [-0.4, -0.2) is 14.1 Å². The molecule has 0 radical (unpaired) electrons. The Morgan fingerprint density at radius 1 is 1.07 bits per heavy atom. The maximum atomic E-state index is 2.24. The molecular weight excluding hydrogens is 170 g/mol. The van der Waals surface area contributed by atoms with Crippen molar-refractivity contribution in [2.45, 2.75) is 34.1 Å². The summed E-state index contributed by atoms with van der Waals surface area (Å²) in [5, 5.41) is 0. The van der Waals surface area contributed by atoms with Crippen LogP contribution in [0.25, 0.3) is 0 Å². The van der Waals surface area contributed by atoms with E-state index in [2.05, 4.69) is 51.0 Å². The van der Waals surface area contributed by atoms with Crippen molar-refractivity contribution in [1.82, 2.24) is 0 Å². The summed E-state index contributed by atoms with van der Waals surface area (Å²) in [7, 11) is 4.16. The first-order chi connectivity index (χ1) is 6.63. The lowest BCUT2D eigenvalue weighted by atomic mass is 10.1. The van der Waals surface area contributed by atoms with Gasteiger partial charge in [-0.1, -0.05) is 26.8 Å². The van der Waals surface area contributed by atoms with Gasteiger partial charge in [0.05, 0.1) is 0 Å². The van der Waals surface area contributed by atoms with Crippen molar-refractivity contribution in [2.24, 2.45) is 0 Å². The molecule has 0 aromatic heterocycles. The Kier molecular flexibility index (Phi) is 6.02. The average molecular weight is 193 g/mol. The summed E-state index contributed by atoms with van der Waals surface area (Å²) >= 11 is 0. The van der Waals surface area contributed by atoms with E-state index in [1.165, 1.54) is 16.8 Å². The molecule has 1 aromatic rings. The molecule has 0 amide bonds. The van der Waals surface area contributed by atoms with E-state index in [0.29, 0.717) is 0 Å². The minimum Gasteiger partial charge on any atom is -0.378 e. The fraction of sp³-hybridized carbons (Fsp3) is 0.538. The predicted molar refractivity (Wildman–Crippen MR) is 66.2 cm³/mol. The van der Waals surface area contributed by atoms with Gasteiger partial charge in [-0.15, -0.1) is 0 Å². The van der Waals surface area contributed by atoms with E-state index in [-0.39, 0.29) is 0 Å². The summed E-state index contributed by atoms with van der Waals surface area (Å²) < 4.78 is 0. The van der Waals surface area contributed by atoms with Crippen molar-refractivity contribution in [3.63, 3.8) is 0 Å². The van der Waals surface area contributed by atoms with Crippen molar-refractivity contribution in [2.75, 3.05) is 19.0 Å². The highest BCUT2D eigenvalue weighted by Crippen LogP contribution is 2.16. The highest BCUT2D eigenvalue weighted by atomic mass is 15.1. The quantitative estimate of drug-likeness (QED) is 0.693. The number of hydrogen-bond donors (Lipinski definition) is 0. The highest BCUT2D eigenvalue weighted by Gasteiger charge is 1.97. The van der Waals surface area contributed by atoms with Gasteiger partial charge in [0, 0.05) is 19.8 Å². The van der Waals surface area contributed by atoms with Gasteiger partial charge in [-0.3, -0.25) is 0 Å². The van der Waals surface area contributed by atoms with Gasteiger partial charge < -0.3 is 4.90 Å². The lowest BCUT2D eigenvalue weighted by Gasteiger charge is -2.14. The molecule has 0 heterocycles. The second-order valence-electron chi connectivity index (χ2n) is 3.42. The largest absolute Gasteiger partial charge is 0.378 e. The number of rotatable bonds is 2. The third kappa shape index (κ3) is 3.82. The zero-order valence-corrected chi connectivity index (χ0v) is 10.4. The molecule has 1 aromatic carbocycles. The van der Waals surface area contributed by atoms with Crippen molar-refractivity contribution < 1.29 is 0 Å². The van der Waals surface area contributed by atoms with Crippen molar-refractivity contribution in [3.05, 3.63) is 29.3 Å². The lowest BCUT2D eigenvalue weighted by molar-refractivity contribution is 1.09. The minimum atomic E-state index is 1.11. The van der Waals surface area contributed by atoms with E-state index in [1.807, 2.05) is 13.8 Å². The van der Waals surface area contributed by atoms with Crippen LogP contribution in [0.3, 0.4) is 0 Å². The van der Waals surface area contributed by atoms with Crippen LogP contribution >= 0.6 is 0 Å². The molecule has 0 unspecified atom stereocenters. The second kappa shape index (κ2) is 6.47. The predicted octanol–water partition coefficient (Wildman–Crippen LogP) is 3.65. The van der Waals surface area contributed by atoms with Gasteiger partial charge in [0.25, 0.3) is 0 Å². The molecule has 1 heteroatoms. The van der Waals surface area contributed by atoms with Gasteiger partial charge in [-0.2, -0.15) is 0 Å². The molecule has 0 N–H and O–H groups in total. The summed E-state index contributed by atoms with van der Waals surface area (Å²) in [6.45, 7) is 8.33. The number of aryl methyl sites for hydroxylation is 2. The van der Waals surface area contributed by atoms with E-state index in [1.54, 1.807) is 0 Å². The summed E-state index contributed by atoms with van der Waals surface area (Å²) in [6.07, 6.45) is 1.11. The van der Waals surface area contributed by atoms with Crippen LogP contribution in [0.15, 0.2) is 18.2 Å². The zero-order valence-electron chi connectivity index (χ0n) is 10.4. The Morgan fingerprint density at radius 3 is 2.07 bits per heavy atom. The molecule has 0 aliphatic carbocycles. The first kappa shape index (κ1) is 13.0. The summed E-state index contributed by atoms with van der Waals surface area (Å²) in [6, 6.07) is 6.69. The van der Waals surface area contributed by atoms with Crippen LogP contribution in [0.1, 0.15) is 31.9 Å². The monoisotopic (exact) mass is 193 g/mol. The smallest absolute Gasteiger partial charge is 0.0366 e. The van der Waals surface area contributed by atoms with Gasteiger partial charge in [-0.05, 0) is 36.6 Å². The molecular formula is C13H23N. The number of anilines is 1. The summed E-state index contributed by atoms with van der Waals surface area (Å²) in [4.78, 5) is 2.14. The SMILES string of the molecule is CC.CCc1cc(C)cc(N(C)C)c1. The Hall–Kier alpha value is -0.980. The average Bonchev–Trinajstić information content (AvgIpc) is 2.20. The third-order valence-electron chi connectivity index (χ3n) is 2.05.